The Morgan fingerprint density at radius 3 is 2.58 bits per heavy atom. The van der Waals surface area contributed by atoms with Crippen LogP contribution >= 0.6 is 0 Å². The molecule has 3 aromatic rings. The van der Waals surface area contributed by atoms with Crippen molar-refractivity contribution < 1.29 is 13.2 Å². The third-order valence-corrected chi connectivity index (χ3v) is 7.82. The highest BCUT2D eigenvalue weighted by Gasteiger charge is 2.20. The van der Waals surface area contributed by atoms with Crippen molar-refractivity contribution in [3.05, 3.63) is 54.5 Å². The van der Waals surface area contributed by atoms with Gasteiger partial charge in [-0.3, -0.25) is 0 Å². The summed E-state index contributed by atoms with van der Waals surface area (Å²) in [6.07, 6.45) is 3.65. The van der Waals surface area contributed by atoms with Crippen LogP contribution in [0.25, 0.3) is 6.20 Å². The molecule has 2 aromatic carbocycles. The Balaban J connectivity index is 1.31. The summed E-state index contributed by atoms with van der Waals surface area (Å²) in [6.45, 7) is 4.41. The Hall–Kier alpha value is -3.61. The van der Waals surface area contributed by atoms with Crippen LogP contribution in [0.4, 0.5) is 23.0 Å². The summed E-state index contributed by atoms with van der Waals surface area (Å²) in [7, 11) is 1.69. The lowest BCUT2D eigenvalue weighted by atomic mass is 10.2. The van der Waals surface area contributed by atoms with Crippen molar-refractivity contribution in [1.82, 2.24) is 24.4 Å². The number of benzene rings is 2. The van der Waals surface area contributed by atoms with Gasteiger partial charge >= 0.3 is 0 Å². The molecule has 36 heavy (non-hydrogen) atoms. The summed E-state index contributed by atoms with van der Waals surface area (Å²) in [4.78, 5) is 11.4. The number of aromatic nitrogens is 3. The number of ether oxygens (including phenoxy) is 1. The zero-order valence-corrected chi connectivity index (χ0v) is 21.4. The molecular formula is C24H30N8O3S. The van der Waals surface area contributed by atoms with Crippen LogP contribution in [0, 0.1) is 0 Å². The van der Waals surface area contributed by atoms with E-state index in [1.54, 1.807) is 36.2 Å². The first kappa shape index (κ1) is 24.1. The van der Waals surface area contributed by atoms with Gasteiger partial charge in [0.2, 0.25) is 16.0 Å². The van der Waals surface area contributed by atoms with Crippen LogP contribution in [0.15, 0.2) is 53.6 Å². The second-order valence-electron chi connectivity index (χ2n) is 8.73. The smallest absolute Gasteiger partial charge is 0.247 e. The number of likely N-dealkylation sites (N-methyl/N-ethyl adjacent to an activating group) is 1. The van der Waals surface area contributed by atoms with Crippen molar-refractivity contribution >= 4 is 39.2 Å². The van der Waals surface area contributed by atoms with Crippen LogP contribution < -0.4 is 24.6 Å². The van der Waals surface area contributed by atoms with Gasteiger partial charge in [-0.2, -0.15) is 4.98 Å². The minimum Gasteiger partial charge on any atom is -0.495 e. The first-order valence-electron chi connectivity index (χ1n) is 11.7. The zero-order valence-electron chi connectivity index (χ0n) is 20.5. The summed E-state index contributed by atoms with van der Waals surface area (Å²) in [6, 6.07) is 12.8. The fourth-order valence-electron chi connectivity index (χ4n) is 4.30. The van der Waals surface area contributed by atoms with E-state index in [4.69, 9.17) is 4.74 Å². The van der Waals surface area contributed by atoms with Gasteiger partial charge in [0.05, 0.1) is 24.2 Å². The summed E-state index contributed by atoms with van der Waals surface area (Å²) in [5.41, 5.74) is 2.66. The van der Waals surface area contributed by atoms with Gasteiger partial charge in [0.1, 0.15) is 5.75 Å². The van der Waals surface area contributed by atoms with Crippen LogP contribution in [0.1, 0.15) is 5.82 Å². The van der Waals surface area contributed by atoms with Crippen LogP contribution in [0.5, 0.6) is 5.75 Å². The molecule has 1 fully saturated rings. The van der Waals surface area contributed by atoms with Crippen molar-refractivity contribution in [2.75, 3.05) is 62.5 Å². The van der Waals surface area contributed by atoms with E-state index in [9.17, 15) is 8.42 Å². The number of hydrogen-bond donors (Lipinski definition) is 2. The number of nitrogens with one attached hydrogen (secondary N) is 2. The molecule has 1 saturated heterocycles. The van der Waals surface area contributed by atoms with E-state index in [0.717, 1.165) is 54.8 Å². The number of hydrogen-bond acceptors (Lipinski definition) is 9. The molecule has 3 heterocycles. The SMILES string of the molecule is CNS(=O)(=O)c1cccc(N2C=Cn3nc(Nc4ccc(N5CCN(C)CC5)c(OC)c4)nc3C2)c1. The van der Waals surface area contributed by atoms with Gasteiger partial charge in [-0.25, -0.2) is 17.8 Å². The summed E-state index contributed by atoms with van der Waals surface area (Å²) in [5.74, 6) is 2.00. The van der Waals surface area contributed by atoms with E-state index >= 15 is 0 Å². The van der Waals surface area contributed by atoms with Gasteiger partial charge in [-0.1, -0.05) is 6.07 Å². The predicted molar refractivity (Wildman–Crippen MR) is 140 cm³/mol. The molecule has 190 valence electrons. The van der Waals surface area contributed by atoms with Gasteiger partial charge in [-0.15, -0.1) is 5.10 Å². The maximum absolute atomic E-state index is 12.2. The Bertz CT molecular complexity index is 1380. The summed E-state index contributed by atoms with van der Waals surface area (Å²) in [5, 5.41) is 7.81. The van der Waals surface area contributed by atoms with E-state index in [2.05, 4.69) is 43.0 Å². The van der Waals surface area contributed by atoms with Gasteiger partial charge in [0, 0.05) is 56.0 Å². The maximum Gasteiger partial charge on any atom is 0.247 e. The second-order valence-corrected chi connectivity index (χ2v) is 10.6. The van der Waals surface area contributed by atoms with Crippen LogP contribution in [-0.2, 0) is 16.6 Å². The van der Waals surface area contributed by atoms with Crippen molar-refractivity contribution in [3.8, 4) is 5.75 Å². The van der Waals surface area contributed by atoms with Crippen molar-refractivity contribution in [3.63, 3.8) is 0 Å². The minimum atomic E-state index is -3.53. The molecule has 1 aromatic heterocycles. The highest BCUT2D eigenvalue weighted by molar-refractivity contribution is 7.89. The Morgan fingerprint density at radius 2 is 1.83 bits per heavy atom. The third-order valence-electron chi connectivity index (χ3n) is 6.41. The first-order valence-corrected chi connectivity index (χ1v) is 13.2. The van der Waals surface area contributed by atoms with Gasteiger partial charge in [0.15, 0.2) is 5.82 Å². The largest absolute Gasteiger partial charge is 0.495 e. The van der Waals surface area contributed by atoms with Crippen molar-refractivity contribution in [1.29, 1.82) is 0 Å². The van der Waals surface area contributed by atoms with Crippen LogP contribution in [0.2, 0.25) is 0 Å². The fraction of sp³-hybridized carbons (Fsp3) is 0.333. The molecular weight excluding hydrogens is 480 g/mol. The van der Waals surface area contributed by atoms with E-state index in [-0.39, 0.29) is 4.90 Å². The highest BCUT2D eigenvalue weighted by Crippen LogP contribution is 2.33. The molecule has 2 N–H and O–H groups in total. The Labute approximate surface area is 211 Å². The molecule has 0 amide bonds. The van der Waals surface area contributed by atoms with E-state index in [1.165, 1.54) is 7.05 Å². The first-order chi connectivity index (χ1) is 17.4. The van der Waals surface area contributed by atoms with Gasteiger partial charge in [-0.05, 0) is 44.4 Å². The number of rotatable bonds is 7. The molecule has 0 spiro atoms. The quantitative estimate of drug-likeness (QED) is 0.494. The molecule has 12 heteroatoms. The molecule has 2 aliphatic heterocycles. The number of piperazine rings is 1. The third kappa shape index (κ3) is 4.87. The summed E-state index contributed by atoms with van der Waals surface area (Å²) < 4.78 is 34.1. The average molecular weight is 511 g/mol. The molecule has 0 atom stereocenters. The topological polar surface area (TPSA) is 108 Å². The molecule has 0 saturated carbocycles. The fourth-order valence-corrected chi connectivity index (χ4v) is 5.07. The number of nitrogens with zero attached hydrogens (tertiary/aromatic N) is 6. The van der Waals surface area contributed by atoms with E-state index in [1.807, 2.05) is 29.3 Å². The lowest BCUT2D eigenvalue weighted by molar-refractivity contribution is 0.311. The standard InChI is InChI=1S/C24H30N8O3S/c1-25-36(33,34)20-6-4-5-19(16-20)31-13-14-32-23(17-31)27-24(28-32)26-18-7-8-21(22(15-18)35-3)30-11-9-29(2)10-12-30/h4-8,13-16,25H,9-12,17H2,1-3H3,(H,26,28). The Morgan fingerprint density at radius 1 is 1.03 bits per heavy atom. The lowest BCUT2D eigenvalue weighted by Crippen LogP contribution is -2.44. The Kier molecular flexibility index (Phi) is 6.56. The van der Waals surface area contributed by atoms with Gasteiger partial charge in [0.25, 0.3) is 0 Å². The maximum atomic E-state index is 12.2. The van der Waals surface area contributed by atoms with Crippen molar-refractivity contribution in [2.24, 2.45) is 0 Å². The monoisotopic (exact) mass is 510 g/mol. The lowest BCUT2D eigenvalue weighted by Gasteiger charge is -2.34. The average Bonchev–Trinajstić information content (AvgIpc) is 3.30. The van der Waals surface area contributed by atoms with Crippen LogP contribution in [-0.4, -0.2) is 75.5 Å². The highest BCUT2D eigenvalue weighted by atomic mass is 32.2. The van der Waals surface area contributed by atoms with E-state index in [0.29, 0.717) is 12.5 Å². The number of sulfonamides is 1. The molecule has 0 bridgehead atoms. The molecule has 0 radical (unpaired) electrons. The number of anilines is 4. The molecule has 0 unspecified atom stereocenters. The molecule has 0 aliphatic carbocycles. The van der Waals surface area contributed by atoms with Crippen molar-refractivity contribution in [2.45, 2.75) is 11.4 Å². The molecule has 5 rings (SSSR count). The molecule has 11 nitrogen and oxygen atoms in total. The van der Waals surface area contributed by atoms with Gasteiger partial charge < -0.3 is 24.8 Å². The predicted octanol–water partition coefficient (Wildman–Crippen LogP) is 2.14. The van der Waals surface area contributed by atoms with E-state index < -0.39 is 10.0 Å². The minimum absolute atomic E-state index is 0.208. The van der Waals surface area contributed by atoms with Crippen LogP contribution in [0.3, 0.4) is 0 Å². The zero-order chi connectivity index (χ0) is 25.3. The summed E-state index contributed by atoms with van der Waals surface area (Å²) >= 11 is 0. The number of fused-ring (bicyclic) bond motifs is 1. The number of methoxy groups -OCH3 is 1. The second kappa shape index (κ2) is 9.80. The molecule has 2 aliphatic rings. The normalized spacial score (nSPS) is 16.2.